The standard InChI is InChI=1S/C13H20FNO3S/c1-3-13(4-2,10-16)9-15-19(17,18)12-7-5-11(14)6-8-12/h5-8,15-16H,3-4,9-10H2,1-2H3. The van der Waals surface area contributed by atoms with Crippen molar-refractivity contribution in [2.45, 2.75) is 31.6 Å². The van der Waals surface area contributed by atoms with E-state index in [1.54, 1.807) is 0 Å². The fourth-order valence-electron chi connectivity index (χ4n) is 1.72. The van der Waals surface area contributed by atoms with Crippen molar-refractivity contribution in [3.8, 4) is 0 Å². The molecule has 0 bridgehead atoms. The van der Waals surface area contributed by atoms with E-state index in [2.05, 4.69) is 4.72 Å². The van der Waals surface area contributed by atoms with E-state index in [1.165, 1.54) is 12.1 Å². The molecule has 0 saturated heterocycles. The second-order valence-corrected chi connectivity index (χ2v) is 6.41. The Morgan fingerprint density at radius 2 is 1.74 bits per heavy atom. The fraction of sp³-hybridized carbons (Fsp3) is 0.538. The summed E-state index contributed by atoms with van der Waals surface area (Å²) in [6, 6.07) is 4.65. The summed E-state index contributed by atoms with van der Waals surface area (Å²) < 4.78 is 39.3. The van der Waals surface area contributed by atoms with E-state index in [9.17, 15) is 17.9 Å². The van der Waals surface area contributed by atoms with Crippen LogP contribution in [0.2, 0.25) is 0 Å². The van der Waals surface area contributed by atoms with Crippen LogP contribution in [0.4, 0.5) is 4.39 Å². The molecule has 0 saturated carbocycles. The molecule has 0 aliphatic rings. The highest BCUT2D eigenvalue weighted by molar-refractivity contribution is 7.89. The van der Waals surface area contributed by atoms with Gasteiger partial charge in [-0.1, -0.05) is 13.8 Å². The summed E-state index contributed by atoms with van der Waals surface area (Å²) in [4.78, 5) is 0.0212. The normalized spacial score (nSPS) is 12.6. The Balaban J connectivity index is 2.83. The van der Waals surface area contributed by atoms with Crippen LogP contribution in [0, 0.1) is 11.2 Å². The maximum Gasteiger partial charge on any atom is 0.240 e. The molecule has 0 radical (unpaired) electrons. The van der Waals surface area contributed by atoms with E-state index in [0.717, 1.165) is 12.1 Å². The molecule has 0 aliphatic heterocycles. The van der Waals surface area contributed by atoms with Crippen molar-refractivity contribution in [2.75, 3.05) is 13.2 Å². The molecule has 6 heteroatoms. The molecule has 0 spiro atoms. The number of hydrogen-bond acceptors (Lipinski definition) is 3. The van der Waals surface area contributed by atoms with Crippen molar-refractivity contribution < 1.29 is 17.9 Å². The van der Waals surface area contributed by atoms with Gasteiger partial charge in [-0.2, -0.15) is 0 Å². The van der Waals surface area contributed by atoms with Crippen molar-refractivity contribution in [1.29, 1.82) is 0 Å². The molecule has 0 aliphatic carbocycles. The number of hydrogen-bond donors (Lipinski definition) is 2. The lowest BCUT2D eigenvalue weighted by molar-refractivity contribution is 0.119. The second kappa shape index (κ2) is 6.45. The molecule has 108 valence electrons. The Morgan fingerprint density at radius 3 is 2.16 bits per heavy atom. The highest BCUT2D eigenvalue weighted by Crippen LogP contribution is 2.25. The lowest BCUT2D eigenvalue weighted by Gasteiger charge is -2.29. The van der Waals surface area contributed by atoms with E-state index in [-0.39, 0.29) is 18.0 Å². The molecule has 0 atom stereocenters. The van der Waals surface area contributed by atoms with Gasteiger partial charge < -0.3 is 5.11 Å². The molecule has 0 unspecified atom stereocenters. The van der Waals surface area contributed by atoms with Crippen LogP contribution in [0.3, 0.4) is 0 Å². The van der Waals surface area contributed by atoms with Crippen LogP contribution in [0.5, 0.6) is 0 Å². The smallest absolute Gasteiger partial charge is 0.240 e. The van der Waals surface area contributed by atoms with E-state index < -0.39 is 21.3 Å². The van der Waals surface area contributed by atoms with Crippen molar-refractivity contribution in [3.63, 3.8) is 0 Å². The third-order valence-corrected chi connectivity index (χ3v) is 5.01. The van der Waals surface area contributed by atoms with Gasteiger partial charge >= 0.3 is 0 Å². The van der Waals surface area contributed by atoms with Gasteiger partial charge in [0, 0.05) is 18.6 Å². The Morgan fingerprint density at radius 1 is 1.21 bits per heavy atom. The number of rotatable bonds is 7. The number of aliphatic hydroxyl groups is 1. The molecule has 4 nitrogen and oxygen atoms in total. The number of sulfonamides is 1. The van der Waals surface area contributed by atoms with Crippen LogP contribution < -0.4 is 4.72 Å². The summed E-state index contributed by atoms with van der Waals surface area (Å²) in [5.74, 6) is -0.481. The maximum atomic E-state index is 12.8. The van der Waals surface area contributed by atoms with E-state index in [4.69, 9.17) is 0 Å². The second-order valence-electron chi connectivity index (χ2n) is 4.64. The highest BCUT2D eigenvalue weighted by Gasteiger charge is 2.27. The Kier molecular flexibility index (Phi) is 5.46. The first-order chi connectivity index (χ1) is 8.89. The average Bonchev–Trinajstić information content (AvgIpc) is 2.41. The summed E-state index contributed by atoms with van der Waals surface area (Å²) in [5, 5.41) is 9.40. The summed E-state index contributed by atoms with van der Waals surface area (Å²) in [6.45, 7) is 3.90. The molecule has 2 N–H and O–H groups in total. The van der Waals surface area contributed by atoms with Crippen LogP contribution in [0.15, 0.2) is 29.2 Å². The van der Waals surface area contributed by atoms with Gasteiger partial charge in [0.05, 0.1) is 4.90 Å². The van der Waals surface area contributed by atoms with Gasteiger partial charge in [0.25, 0.3) is 0 Å². The highest BCUT2D eigenvalue weighted by atomic mass is 32.2. The van der Waals surface area contributed by atoms with Crippen LogP contribution in [0.25, 0.3) is 0 Å². The van der Waals surface area contributed by atoms with E-state index in [0.29, 0.717) is 12.8 Å². The van der Waals surface area contributed by atoms with Gasteiger partial charge in [0.2, 0.25) is 10.0 Å². The molecule has 0 heterocycles. The van der Waals surface area contributed by atoms with Crippen molar-refractivity contribution in [2.24, 2.45) is 5.41 Å². The summed E-state index contributed by atoms with van der Waals surface area (Å²) >= 11 is 0. The first kappa shape index (κ1) is 16.1. The number of aliphatic hydroxyl groups excluding tert-OH is 1. The minimum Gasteiger partial charge on any atom is -0.396 e. The van der Waals surface area contributed by atoms with E-state index >= 15 is 0 Å². The average molecular weight is 289 g/mol. The number of nitrogens with one attached hydrogen (secondary N) is 1. The van der Waals surface area contributed by atoms with Crippen molar-refractivity contribution in [3.05, 3.63) is 30.1 Å². The zero-order valence-corrected chi connectivity index (χ0v) is 12.0. The van der Waals surface area contributed by atoms with Gasteiger partial charge in [-0.3, -0.25) is 0 Å². The monoisotopic (exact) mass is 289 g/mol. The topological polar surface area (TPSA) is 66.4 Å². The van der Waals surface area contributed by atoms with Gasteiger partial charge in [-0.05, 0) is 37.1 Å². The maximum absolute atomic E-state index is 12.8. The molecule has 19 heavy (non-hydrogen) atoms. The van der Waals surface area contributed by atoms with Gasteiger partial charge in [0.1, 0.15) is 5.82 Å². The lowest BCUT2D eigenvalue weighted by atomic mass is 9.84. The minimum atomic E-state index is -3.67. The predicted octanol–water partition coefficient (Wildman–Crippen LogP) is 1.90. The fourth-order valence-corrected chi connectivity index (χ4v) is 2.88. The van der Waals surface area contributed by atoms with Crippen molar-refractivity contribution >= 4 is 10.0 Å². The van der Waals surface area contributed by atoms with Crippen LogP contribution in [-0.2, 0) is 10.0 Å². The lowest BCUT2D eigenvalue weighted by Crippen LogP contribution is -2.39. The number of benzene rings is 1. The zero-order valence-electron chi connectivity index (χ0n) is 11.2. The van der Waals surface area contributed by atoms with Crippen LogP contribution in [-0.4, -0.2) is 26.7 Å². The van der Waals surface area contributed by atoms with Gasteiger partial charge in [0.15, 0.2) is 0 Å². The third kappa shape index (κ3) is 3.99. The molecule has 1 rings (SSSR count). The van der Waals surface area contributed by atoms with Crippen molar-refractivity contribution in [1.82, 2.24) is 4.72 Å². The van der Waals surface area contributed by atoms with E-state index in [1.807, 2.05) is 13.8 Å². The first-order valence-corrected chi connectivity index (χ1v) is 7.73. The predicted molar refractivity (Wildman–Crippen MR) is 71.7 cm³/mol. The molecule has 1 aromatic carbocycles. The first-order valence-electron chi connectivity index (χ1n) is 6.25. The largest absolute Gasteiger partial charge is 0.396 e. The Bertz CT molecular complexity index is 487. The zero-order chi connectivity index (χ0) is 14.5. The molecular weight excluding hydrogens is 269 g/mol. The molecule has 0 aromatic heterocycles. The molecule has 1 aromatic rings. The quantitative estimate of drug-likeness (QED) is 0.805. The Hall–Kier alpha value is -0.980. The Labute approximate surface area is 113 Å². The van der Waals surface area contributed by atoms with Crippen LogP contribution in [0.1, 0.15) is 26.7 Å². The SMILES string of the molecule is CCC(CC)(CO)CNS(=O)(=O)c1ccc(F)cc1. The summed E-state index contributed by atoms with van der Waals surface area (Å²) in [5.41, 5.74) is -0.451. The molecular formula is C13H20FNO3S. The minimum absolute atomic E-state index is 0.0212. The van der Waals surface area contributed by atoms with Crippen LogP contribution >= 0.6 is 0 Å². The number of halogens is 1. The molecule has 0 amide bonds. The third-order valence-electron chi connectivity index (χ3n) is 3.60. The summed E-state index contributed by atoms with van der Waals surface area (Å²) in [7, 11) is -3.67. The van der Waals surface area contributed by atoms with Gasteiger partial charge in [-0.25, -0.2) is 17.5 Å². The molecule has 0 fully saturated rings. The van der Waals surface area contributed by atoms with Gasteiger partial charge in [-0.15, -0.1) is 0 Å². The summed E-state index contributed by atoms with van der Waals surface area (Å²) in [6.07, 6.45) is 1.35.